The minimum Gasteiger partial charge on any atom is -0.354 e. The molecule has 92 valence electrons. The van der Waals surface area contributed by atoms with Crippen LogP contribution in [0.2, 0.25) is 0 Å². The van der Waals surface area contributed by atoms with E-state index in [1.807, 2.05) is 19.1 Å². The second-order valence-electron chi connectivity index (χ2n) is 4.55. The molecule has 0 saturated carbocycles. The Morgan fingerprint density at radius 2 is 2.59 bits per heavy atom. The molecule has 0 aromatic carbocycles. The van der Waals surface area contributed by atoms with Crippen molar-refractivity contribution in [2.75, 3.05) is 13.1 Å². The second-order valence-corrected chi connectivity index (χ2v) is 4.55. The van der Waals surface area contributed by atoms with Gasteiger partial charge in [0.2, 0.25) is 5.91 Å². The highest BCUT2D eigenvalue weighted by Gasteiger charge is 2.18. The van der Waals surface area contributed by atoms with Gasteiger partial charge in [-0.05, 0) is 37.9 Å². The van der Waals surface area contributed by atoms with Gasteiger partial charge in [-0.25, -0.2) is 0 Å². The van der Waals surface area contributed by atoms with E-state index in [1.54, 1.807) is 12.4 Å². The number of carbonyl (C=O) groups is 1. The lowest BCUT2D eigenvalue weighted by atomic mass is 10.0. The quantitative estimate of drug-likeness (QED) is 0.817. The molecule has 0 spiro atoms. The van der Waals surface area contributed by atoms with E-state index in [-0.39, 0.29) is 11.8 Å². The Labute approximate surface area is 102 Å². The molecule has 1 amide bonds. The van der Waals surface area contributed by atoms with Gasteiger partial charge in [0, 0.05) is 25.0 Å². The van der Waals surface area contributed by atoms with Crippen molar-refractivity contribution in [3.63, 3.8) is 0 Å². The monoisotopic (exact) mass is 233 g/mol. The van der Waals surface area contributed by atoms with Crippen molar-refractivity contribution in [3.8, 4) is 0 Å². The van der Waals surface area contributed by atoms with Gasteiger partial charge in [-0.1, -0.05) is 6.07 Å². The molecule has 0 bridgehead atoms. The molecule has 1 aliphatic rings. The number of amides is 1. The number of carbonyl (C=O) groups excluding carboxylic acids is 1. The lowest BCUT2D eigenvalue weighted by Gasteiger charge is -2.15. The Morgan fingerprint density at radius 3 is 3.24 bits per heavy atom. The van der Waals surface area contributed by atoms with Crippen molar-refractivity contribution in [1.29, 1.82) is 0 Å². The smallest absolute Gasteiger partial charge is 0.227 e. The molecule has 1 fully saturated rings. The van der Waals surface area contributed by atoms with Gasteiger partial charge in [0.25, 0.3) is 0 Å². The highest BCUT2D eigenvalue weighted by Crippen LogP contribution is 2.13. The van der Waals surface area contributed by atoms with Crippen molar-refractivity contribution in [2.45, 2.75) is 31.7 Å². The van der Waals surface area contributed by atoms with Crippen LogP contribution in [0.25, 0.3) is 0 Å². The minimum atomic E-state index is -0.134. The third-order valence-electron chi connectivity index (χ3n) is 3.26. The molecular weight excluding hydrogens is 214 g/mol. The molecule has 4 heteroatoms. The molecule has 0 radical (unpaired) electrons. The van der Waals surface area contributed by atoms with Crippen LogP contribution in [0, 0.1) is 0 Å². The van der Waals surface area contributed by atoms with Gasteiger partial charge in [0.1, 0.15) is 0 Å². The van der Waals surface area contributed by atoms with Crippen molar-refractivity contribution in [3.05, 3.63) is 30.1 Å². The Morgan fingerprint density at radius 1 is 1.71 bits per heavy atom. The van der Waals surface area contributed by atoms with Gasteiger partial charge >= 0.3 is 0 Å². The number of aromatic nitrogens is 1. The number of pyridine rings is 1. The van der Waals surface area contributed by atoms with Gasteiger partial charge in [0.05, 0.1) is 5.92 Å². The average molecular weight is 233 g/mol. The molecule has 4 nitrogen and oxygen atoms in total. The number of rotatable bonds is 4. The first-order valence-corrected chi connectivity index (χ1v) is 6.18. The zero-order valence-corrected chi connectivity index (χ0v) is 10.1. The molecule has 1 aromatic rings. The molecule has 2 heterocycles. The van der Waals surface area contributed by atoms with Gasteiger partial charge in [-0.15, -0.1) is 0 Å². The molecular formula is C13H19N3O. The van der Waals surface area contributed by atoms with Crippen LogP contribution in [0.5, 0.6) is 0 Å². The summed E-state index contributed by atoms with van der Waals surface area (Å²) in [5, 5.41) is 6.36. The highest BCUT2D eigenvalue weighted by atomic mass is 16.1. The zero-order valence-electron chi connectivity index (χ0n) is 10.1. The molecule has 0 aliphatic carbocycles. The van der Waals surface area contributed by atoms with Crippen LogP contribution in [0.15, 0.2) is 24.5 Å². The number of nitrogens with one attached hydrogen (secondary N) is 2. The minimum absolute atomic E-state index is 0.0756. The molecule has 2 N–H and O–H groups in total. The number of hydrogen-bond acceptors (Lipinski definition) is 3. The zero-order chi connectivity index (χ0) is 12.1. The first kappa shape index (κ1) is 12.0. The van der Waals surface area contributed by atoms with Crippen LogP contribution < -0.4 is 10.6 Å². The van der Waals surface area contributed by atoms with E-state index in [4.69, 9.17) is 0 Å². The van der Waals surface area contributed by atoms with Crippen molar-refractivity contribution in [1.82, 2.24) is 15.6 Å². The van der Waals surface area contributed by atoms with Crippen molar-refractivity contribution in [2.24, 2.45) is 0 Å². The summed E-state index contributed by atoms with van der Waals surface area (Å²) < 4.78 is 0. The number of nitrogens with zero attached hydrogens (tertiary/aromatic N) is 1. The molecule has 2 rings (SSSR count). The molecule has 17 heavy (non-hydrogen) atoms. The first-order chi connectivity index (χ1) is 8.27. The normalized spacial score (nSPS) is 21.1. The Bertz CT molecular complexity index is 360. The van der Waals surface area contributed by atoms with Crippen LogP contribution in [-0.2, 0) is 4.79 Å². The third-order valence-corrected chi connectivity index (χ3v) is 3.26. The lowest BCUT2D eigenvalue weighted by Crippen LogP contribution is -2.38. The van der Waals surface area contributed by atoms with Gasteiger partial charge < -0.3 is 10.6 Å². The van der Waals surface area contributed by atoms with Crippen LogP contribution >= 0.6 is 0 Å². The van der Waals surface area contributed by atoms with E-state index in [0.29, 0.717) is 6.04 Å². The van der Waals surface area contributed by atoms with E-state index in [0.717, 1.165) is 25.1 Å². The van der Waals surface area contributed by atoms with Crippen molar-refractivity contribution >= 4 is 5.91 Å². The van der Waals surface area contributed by atoms with Gasteiger partial charge in [0.15, 0.2) is 0 Å². The summed E-state index contributed by atoms with van der Waals surface area (Å²) in [5.74, 6) is -0.0585. The predicted molar refractivity (Wildman–Crippen MR) is 66.7 cm³/mol. The highest BCUT2D eigenvalue weighted by molar-refractivity contribution is 5.83. The van der Waals surface area contributed by atoms with Crippen molar-refractivity contribution < 1.29 is 4.79 Å². The van der Waals surface area contributed by atoms with Gasteiger partial charge in [-0.2, -0.15) is 0 Å². The second kappa shape index (κ2) is 5.77. The fraction of sp³-hybridized carbons (Fsp3) is 0.538. The standard InChI is InChI=1S/C13H19N3O/c1-10(11-4-2-6-14-8-11)13(17)16-9-12-5-3-7-15-12/h2,4,6,8,10,12,15H,3,5,7,9H2,1H3,(H,16,17). The molecule has 2 unspecified atom stereocenters. The van der Waals surface area contributed by atoms with Crippen LogP contribution in [0.1, 0.15) is 31.2 Å². The maximum Gasteiger partial charge on any atom is 0.227 e. The molecule has 1 aromatic heterocycles. The molecule has 2 atom stereocenters. The maximum atomic E-state index is 11.9. The summed E-state index contributed by atoms with van der Waals surface area (Å²) in [4.78, 5) is 16.0. The van der Waals surface area contributed by atoms with Gasteiger partial charge in [-0.3, -0.25) is 9.78 Å². The Kier molecular flexibility index (Phi) is 4.09. The third kappa shape index (κ3) is 3.27. The summed E-state index contributed by atoms with van der Waals surface area (Å²) in [6, 6.07) is 4.24. The SMILES string of the molecule is CC(C(=O)NCC1CCCN1)c1cccnc1. The Balaban J connectivity index is 1.83. The van der Waals surface area contributed by atoms with Crippen LogP contribution in [0.4, 0.5) is 0 Å². The summed E-state index contributed by atoms with van der Waals surface area (Å²) >= 11 is 0. The predicted octanol–water partition coefficient (Wildman–Crippen LogP) is 1.05. The topological polar surface area (TPSA) is 54.0 Å². The summed E-state index contributed by atoms with van der Waals surface area (Å²) in [5.41, 5.74) is 0.962. The summed E-state index contributed by atoms with van der Waals surface area (Å²) in [6.45, 7) is 3.70. The largest absolute Gasteiger partial charge is 0.354 e. The molecule has 1 aliphatic heterocycles. The maximum absolute atomic E-state index is 11.9. The summed E-state index contributed by atoms with van der Waals surface area (Å²) in [7, 11) is 0. The fourth-order valence-electron chi connectivity index (χ4n) is 2.09. The van der Waals surface area contributed by atoms with E-state index < -0.39 is 0 Å². The first-order valence-electron chi connectivity index (χ1n) is 6.18. The average Bonchev–Trinajstić information content (AvgIpc) is 2.89. The number of hydrogen-bond donors (Lipinski definition) is 2. The lowest BCUT2D eigenvalue weighted by molar-refractivity contribution is -0.122. The van der Waals surface area contributed by atoms with E-state index in [2.05, 4.69) is 15.6 Å². The van der Waals surface area contributed by atoms with E-state index in [1.165, 1.54) is 6.42 Å². The van der Waals surface area contributed by atoms with E-state index in [9.17, 15) is 4.79 Å². The van der Waals surface area contributed by atoms with E-state index >= 15 is 0 Å². The molecule has 1 saturated heterocycles. The van der Waals surface area contributed by atoms with Crippen LogP contribution in [0.3, 0.4) is 0 Å². The fourth-order valence-corrected chi connectivity index (χ4v) is 2.09. The summed E-state index contributed by atoms with van der Waals surface area (Å²) in [6.07, 6.45) is 5.83. The van der Waals surface area contributed by atoms with Crippen LogP contribution in [-0.4, -0.2) is 30.0 Å². The Hall–Kier alpha value is -1.42.